The highest BCUT2D eigenvalue weighted by molar-refractivity contribution is 6.30. The van der Waals surface area contributed by atoms with Crippen molar-refractivity contribution in [1.82, 2.24) is 0 Å². The van der Waals surface area contributed by atoms with E-state index in [1.165, 1.54) is 5.56 Å². The minimum absolute atomic E-state index is 0.696. The minimum Gasteiger partial charge on any atom is -0.370 e. The molecule has 0 N–H and O–H groups in total. The van der Waals surface area contributed by atoms with Crippen molar-refractivity contribution in [3.05, 3.63) is 64.2 Å². The second-order valence-electron chi connectivity index (χ2n) is 4.60. The zero-order valence-corrected chi connectivity index (χ0v) is 11.8. The van der Waals surface area contributed by atoms with Crippen LogP contribution in [0.5, 0.6) is 0 Å². The number of hydrogen-bond donors (Lipinski definition) is 0. The largest absolute Gasteiger partial charge is 0.370 e. The Bertz CT molecular complexity index is 612. The number of nitriles is 1. The average molecular weight is 271 g/mol. The van der Waals surface area contributed by atoms with Crippen molar-refractivity contribution in [3.8, 4) is 6.07 Å². The van der Waals surface area contributed by atoms with Crippen molar-refractivity contribution >= 4 is 17.3 Å². The molecule has 0 aliphatic rings. The second-order valence-corrected chi connectivity index (χ2v) is 5.03. The Morgan fingerprint density at radius 1 is 1.16 bits per heavy atom. The van der Waals surface area contributed by atoms with Crippen LogP contribution < -0.4 is 4.90 Å². The van der Waals surface area contributed by atoms with Crippen LogP contribution in [-0.4, -0.2) is 7.05 Å². The fraction of sp³-hybridized carbons (Fsp3) is 0.188. The summed E-state index contributed by atoms with van der Waals surface area (Å²) in [5.41, 5.74) is 4.14. The fourth-order valence-electron chi connectivity index (χ4n) is 2.10. The normalized spacial score (nSPS) is 10.0. The Hall–Kier alpha value is -1.98. The summed E-state index contributed by atoms with van der Waals surface area (Å²) < 4.78 is 0. The van der Waals surface area contributed by atoms with E-state index in [1.807, 2.05) is 56.4 Å². The Morgan fingerprint density at radius 3 is 2.42 bits per heavy atom. The van der Waals surface area contributed by atoms with Gasteiger partial charge in [0.15, 0.2) is 0 Å². The van der Waals surface area contributed by atoms with Gasteiger partial charge in [-0.15, -0.1) is 0 Å². The molecule has 0 fully saturated rings. The van der Waals surface area contributed by atoms with Crippen LogP contribution in [0.4, 0.5) is 5.69 Å². The molecule has 0 atom stereocenters. The van der Waals surface area contributed by atoms with E-state index in [0.717, 1.165) is 22.8 Å². The molecule has 0 unspecified atom stereocenters. The Labute approximate surface area is 118 Å². The summed E-state index contributed by atoms with van der Waals surface area (Å²) in [4.78, 5) is 2.17. The predicted molar refractivity (Wildman–Crippen MR) is 79.5 cm³/mol. The van der Waals surface area contributed by atoms with Crippen molar-refractivity contribution in [2.24, 2.45) is 0 Å². The van der Waals surface area contributed by atoms with Crippen LogP contribution in [0.15, 0.2) is 42.5 Å². The number of nitrogens with zero attached hydrogens (tertiary/aromatic N) is 2. The highest BCUT2D eigenvalue weighted by Gasteiger charge is 2.06. The lowest BCUT2D eigenvalue weighted by atomic mass is 10.1. The lowest BCUT2D eigenvalue weighted by Gasteiger charge is -2.21. The zero-order chi connectivity index (χ0) is 13.8. The van der Waals surface area contributed by atoms with E-state index < -0.39 is 0 Å². The fourth-order valence-corrected chi connectivity index (χ4v) is 2.23. The number of hydrogen-bond acceptors (Lipinski definition) is 2. The molecule has 0 bridgehead atoms. The summed E-state index contributed by atoms with van der Waals surface area (Å²) in [6.45, 7) is 2.83. The van der Waals surface area contributed by atoms with Gasteiger partial charge in [0.25, 0.3) is 0 Å². The third kappa shape index (κ3) is 3.27. The van der Waals surface area contributed by atoms with Gasteiger partial charge in [-0.3, -0.25) is 0 Å². The number of halogens is 1. The summed E-state index contributed by atoms with van der Waals surface area (Å²) >= 11 is 5.88. The molecule has 0 radical (unpaired) electrons. The van der Waals surface area contributed by atoms with Gasteiger partial charge < -0.3 is 4.90 Å². The quantitative estimate of drug-likeness (QED) is 0.837. The van der Waals surface area contributed by atoms with Gasteiger partial charge in [-0.05, 0) is 48.4 Å². The van der Waals surface area contributed by atoms with Gasteiger partial charge in [0, 0.05) is 24.3 Å². The number of aryl methyl sites for hydroxylation is 1. The SMILES string of the molecule is Cc1cc(C#N)ccc1N(C)Cc1ccc(Cl)cc1. The van der Waals surface area contributed by atoms with Crippen LogP contribution in [0, 0.1) is 18.3 Å². The van der Waals surface area contributed by atoms with E-state index in [2.05, 4.69) is 11.0 Å². The smallest absolute Gasteiger partial charge is 0.0991 e. The molecule has 0 spiro atoms. The van der Waals surface area contributed by atoms with E-state index in [9.17, 15) is 0 Å². The first kappa shape index (κ1) is 13.5. The standard InChI is InChI=1S/C16H15ClN2/c1-12-9-14(10-18)5-8-16(12)19(2)11-13-3-6-15(17)7-4-13/h3-9H,11H2,1-2H3. The van der Waals surface area contributed by atoms with Crippen molar-refractivity contribution in [1.29, 1.82) is 5.26 Å². The molecule has 0 aliphatic carbocycles. The third-order valence-electron chi connectivity index (χ3n) is 3.07. The number of rotatable bonds is 3. The zero-order valence-electron chi connectivity index (χ0n) is 11.0. The molecule has 0 saturated heterocycles. The lowest BCUT2D eigenvalue weighted by Crippen LogP contribution is -2.17. The molecule has 2 aromatic rings. The molecule has 96 valence electrons. The molecule has 0 heterocycles. The van der Waals surface area contributed by atoms with Gasteiger partial charge in [-0.1, -0.05) is 23.7 Å². The first-order valence-electron chi connectivity index (χ1n) is 6.06. The number of benzene rings is 2. The van der Waals surface area contributed by atoms with Gasteiger partial charge in [0.05, 0.1) is 11.6 Å². The van der Waals surface area contributed by atoms with Gasteiger partial charge >= 0.3 is 0 Å². The molecule has 0 saturated carbocycles. The van der Waals surface area contributed by atoms with Crippen LogP contribution in [0.1, 0.15) is 16.7 Å². The Kier molecular flexibility index (Phi) is 4.09. The molecule has 2 rings (SSSR count). The Morgan fingerprint density at radius 2 is 1.84 bits per heavy atom. The van der Waals surface area contributed by atoms with Crippen molar-refractivity contribution < 1.29 is 0 Å². The maximum Gasteiger partial charge on any atom is 0.0991 e. The van der Waals surface area contributed by atoms with Gasteiger partial charge in [-0.25, -0.2) is 0 Å². The molecule has 0 aromatic heterocycles. The molecular weight excluding hydrogens is 256 g/mol. The van der Waals surface area contributed by atoms with E-state index in [1.54, 1.807) is 0 Å². The van der Waals surface area contributed by atoms with Crippen LogP contribution in [0.2, 0.25) is 5.02 Å². The lowest BCUT2D eigenvalue weighted by molar-refractivity contribution is 0.917. The maximum absolute atomic E-state index is 8.88. The molecule has 0 amide bonds. The predicted octanol–water partition coefficient (Wildman–Crippen LogP) is 4.16. The van der Waals surface area contributed by atoms with E-state index >= 15 is 0 Å². The topological polar surface area (TPSA) is 27.0 Å². The van der Waals surface area contributed by atoms with Crippen LogP contribution in [0.3, 0.4) is 0 Å². The maximum atomic E-state index is 8.88. The van der Waals surface area contributed by atoms with E-state index in [4.69, 9.17) is 16.9 Å². The highest BCUT2D eigenvalue weighted by atomic mass is 35.5. The summed E-state index contributed by atoms with van der Waals surface area (Å²) in [5.74, 6) is 0. The van der Waals surface area contributed by atoms with Gasteiger partial charge in [0.2, 0.25) is 0 Å². The van der Waals surface area contributed by atoms with Crippen molar-refractivity contribution in [2.75, 3.05) is 11.9 Å². The monoisotopic (exact) mass is 270 g/mol. The second kappa shape index (κ2) is 5.77. The first-order valence-corrected chi connectivity index (χ1v) is 6.44. The van der Waals surface area contributed by atoms with Crippen molar-refractivity contribution in [2.45, 2.75) is 13.5 Å². The molecule has 0 aliphatic heterocycles. The third-order valence-corrected chi connectivity index (χ3v) is 3.32. The van der Waals surface area contributed by atoms with Crippen LogP contribution in [0.25, 0.3) is 0 Å². The van der Waals surface area contributed by atoms with Gasteiger partial charge in [0.1, 0.15) is 0 Å². The molecule has 19 heavy (non-hydrogen) atoms. The molecule has 2 nitrogen and oxygen atoms in total. The average Bonchev–Trinajstić information content (AvgIpc) is 2.41. The first-order chi connectivity index (χ1) is 9.10. The summed E-state index contributed by atoms with van der Waals surface area (Å²) in [7, 11) is 2.04. The number of anilines is 1. The van der Waals surface area contributed by atoms with Crippen LogP contribution in [-0.2, 0) is 6.54 Å². The molecule has 3 heteroatoms. The van der Waals surface area contributed by atoms with E-state index in [0.29, 0.717) is 5.56 Å². The van der Waals surface area contributed by atoms with E-state index in [-0.39, 0.29) is 0 Å². The minimum atomic E-state index is 0.696. The summed E-state index contributed by atoms with van der Waals surface area (Å²) in [6, 6.07) is 15.8. The Balaban J connectivity index is 2.18. The van der Waals surface area contributed by atoms with Gasteiger partial charge in [-0.2, -0.15) is 5.26 Å². The molecular formula is C16H15ClN2. The molecule has 2 aromatic carbocycles. The van der Waals surface area contributed by atoms with Crippen molar-refractivity contribution in [3.63, 3.8) is 0 Å². The summed E-state index contributed by atoms with van der Waals surface area (Å²) in [5, 5.41) is 9.63. The highest BCUT2D eigenvalue weighted by Crippen LogP contribution is 2.22. The van der Waals surface area contributed by atoms with Crippen LogP contribution >= 0.6 is 11.6 Å². The summed E-state index contributed by atoms with van der Waals surface area (Å²) in [6.07, 6.45) is 0.